The van der Waals surface area contributed by atoms with Gasteiger partial charge in [0, 0.05) is 44.1 Å². The predicted octanol–water partition coefficient (Wildman–Crippen LogP) is 2.45. The molecule has 4 rings (SSSR count). The minimum Gasteiger partial charge on any atom is -0.507 e. The molecule has 0 aliphatic carbocycles. The summed E-state index contributed by atoms with van der Waals surface area (Å²) >= 11 is 0. The Hall–Kier alpha value is -3.81. The molecule has 0 bridgehead atoms. The van der Waals surface area contributed by atoms with Crippen LogP contribution in [0.25, 0.3) is 5.76 Å². The van der Waals surface area contributed by atoms with Gasteiger partial charge in [0.25, 0.3) is 11.7 Å². The summed E-state index contributed by atoms with van der Waals surface area (Å²) in [6.07, 6.45) is 6.49. The molecule has 0 unspecified atom stereocenters. The van der Waals surface area contributed by atoms with Crippen molar-refractivity contribution in [3.05, 3.63) is 82.7 Å². The lowest BCUT2D eigenvalue weighted by Crippen LogP contribution is -2.29. The van der Waals surface area contributed by atoms with Crippen molar-refractivity contribution in [3.8, 4) is 0 Å². The first-order valence-electron chi connectivity index (χ1n) is 9.48. The summed E-state index contributed by atoms with van der Waals surface area (Å²) in [5.41, 5.74) is 3.28. The number of aliphatic hydroxyl groups is 1. The number of amides is 1. The molecule has 30 heavy (non-hydrogen) atoms. The molecule has 0 spiro atoms. The first-order chi connectivity index (χ1) is 14.4. The van der Waals surface area contributed by atoms with Crippen LogP contribution in [0.3, 0.4) is 0 Å². The van der Waals surface area contributed by atoms with Crippen LogP contribution in [0.5, 0.6) is 0 Å². The number of aryl methyl sites for hydroxylation is 2. The molecule has 1 saturated heterocycles. The number of ketones is 1. The summed E-state index contributed by atoms with van der Waals surface area (Å²) < 4.78 is 1.64. The molecular weight excluding hydrogens is 382 g/mol. The molecular formula is C22H21N5O3. The van der Waals surface area contributed by atoms with Crippen LogP contribution in [-0.4, -0.2) is 41.4 Å². The van der Waals surface area contributed by atoms with Gasteiger partial charge in [0.1, 0.15) is 5.76 Å². The van der Waals surface area contributed by atoms with Crippen LogP contribution < -0.4 is 0 Å². The Kier molecular flexibility index (Phi) is 4.91. The van der Waals surface area contributed by atoms with Crippen molar-refractivity contribution in [1.82, 2.24) is 24.6 Å². The number of nitrogens with zero attached hydrogens (tertiary/aromatic N) is 5. The maximum Gasteiger partial charge on any atom is 0.295 e. The van der Waals surface area contributed by atoms with Crippen molar-refractivity contribution in [2.24, 2.45) is 7.05 Å². The van der Waals surface area contributed by atoms with E-state index in [1.807, 2.05) is 13.0 Å². The zero-order valence-corrected chi connectivity index (χ0v) is 16.9. The van der Waals surface area contributed by atoms with Gasteiger partial charge in [0.15, 0.2) is 0 Å². The molecule has 3 aromatic heterocycles. The van der Waals surface area contributed by atoms with E-state index in [2.05, 4.69) is 15.1 Å². The lowest BCUT2D eigenvalue weighted by molar-refractivity contribution is -0.140. The Morgan fingerprint density at radius 1 is 1.10 bits per heavy atom. The van der Waals surface area contributed by atoms with E-state index in [9.17, 15) is 14.7 Å². The van der Waals surface area contributed by atoms with Crippen molar-refractivity contribution < 1.29 is 14.7 Å². The fraction of sp³-hybridized carbons (Fsp3) is 0.227. The van der Waals surface area contributed by atoms with Crippen molar-refractivity contribution in [2.45, 2.75) is 26.4 Å². The number of carbonyl (C=O) groups excluding carboxylic acids is 2. The largest absolute Gasteiger partial charge is 0.507 e. The van der Waals surface area contributed by atoms with E-state index < -0.39 is 17.7 Å². The molecule has 0 saturated carbocycles. The summed E-state index contributed by atoms with van der Waals surface area (Å²) in [5.74, 6) is -1.60. The number of aliphatic hydroxyl groups excluding tert-OH is 1. The van der Waals surface area contributed by atoms with Crippen LogP contribution >= 0.6 is 0 Å². The molecule has 1 amide bonds. The Morgan fingerprint density at radius 3 is 2.43 bits per heavy atom. The summed E-state index contributed by atoms with van der Waals surface area (Å²) in [6, 6.07) is 6.35. The Balaban J connectivity index is 1.90. The molecule has 0 aromatic carbocycles. The molecule has 1 atom stereocenters. The van der Waals surface area contributed by atoms with Gasteiger partial charge in [-0.15, -0.1) is 0 Å². The van der Waals surface area contributed by atoms with Crippen LogP contribution in [0.15, 0.2) is 54.6 Å². The number of likely N-dealkylation sites (tertiary alicyclic amines) is 1. The number of pyridine rings is 2. The molecule has 0 radical (unpaired) electrons. The molecule has 4 heterocycles. The SMILES string of the molecule is Cc1nn(C)c(C)c1C(O)=C1C(=O)C(=O)N(Cc2cccnc2)[C@@H]1c1ccncc1. The van der Waals surface area contributed by atoms with E-state index in [0.29, 0.717) is 22.5 Å². The average molecular weight is 403 g/mol. The first-order valence-corrected chi connectivity index (χ1v) is 9.48. The molecule has 8 heteroatoms. The minimum atomic E-state index is -0.743. The fourth-order valence-corrected chi connectivity index (χ4v) is 3.87. The fourth-order valence-electron chi connectivity index (χ4n) is 3.87. The number of hydrogen-bond acceptors (Lipinski definition) is 6. The predicted molar refractivity (Wildman–Crippen MR) is 109 cm³/mol. The minimum absolute atomic E-state index is 0.0503. The lowest BCUT2D eigenvalue weighted by Gasteiger charge is -2.25. The highest BCUT2D eigenvalue weighted by molar-refractivity contribution is 6.46. The van der Waals surface area contributed by atoms with Crippen LogP contribution in [0.4, 0.5) is 0 Å². The van der Waals surface area contributed by atoms with E-state index in [1.165, 1.54) is 4.90 Å². The molecule has 3 aromatic rings. The zero-order valence-electron chi connectivity index (χ0n) is 16.9. The third kappa shape index (κ3) is 3.16. The standard InChI is InChI=1S/C22H21N5O3/c1-13-17(14(2)26(3)25-13)20(28)18-19(16-6-9-23-10-7-16)27(22(30)21(18)29)12-15-5-4-8-24-11-15/h4-11,19,28H,12H2,1-3H3/t19-/m1/s1. The van der Waals surface area contributed by atoms with Gasteiger partial charge in [-0.25, -0.2) is 0 Å². The maximum atomic E-state index is 13.1. The van der Waals surface area contributed by atoms with Crippen molar-refractivity contribution in [2.75, 3.05) is 0 Å². The molecule has 1 aliphatic heterocycles. The number of aromatic nitrogens is 4. The highest BCUT2D eigenvalue weighted by Gasteiger charge is 2.46. The van der Waals surface area contributed by atoms with E-state index in [1.54, 1.807) is 61.6 Å². The van der Waals surface area contributed by atoms with Gasteiger partial charge in [0.2, 0.25) is 0 Å². The van der Waals surface area contributed by atoms with Gasteiger partial charge in [0.05, 0.1) is 22.9 Å². The van der Waals surface area contributed by atoms with Crippen molar-refractivity contribution in [1.29, 1.82) is 0 Å². The Labute approximate surface area is 173 Å². The highest BCUT2D eigenvalue weighted by Crippen LogP contribution is 2.40. The second-order valence-electron chi connectivity index (χ2n) is 7.24. The van der Waals surface area contributed by atoms with E-state index in [0.717, 1.165) is 5.56 Å². The Morgan fingerprint density at radius 2 is 1.83 bits per heavy atom. The van der Waals surface area contributed by atoms with E-state index >= 15 is 0 Å². The van der Waals surface area contributed by atoms with E-state index in [-0.39, 0.29) is 17.9 Å². The summed E-state index contributed by atoms with van der Waals surface area (Å²) in [4.78, 5) is 35.6. The quantitative estimate of drug-likeness (QED) is 0.408. The van der Waals surface area contributed by atoms with Crippen LogP contribution in [0.2, 0.25) is 0 Å². The number of hydrogen-bond donors (Lipinski definition) is 1. The third-order valence-electron chi connectivity index (χ3n) is 5.38. The average Bonchev–Trinajstić information content (AvgIpc) is 3.15. The number of carbonyl (C=O) groups is 2. The molecule has 1 aliphatic rings. The lowest BCUT2D eigenvalue weighted by atomic mass is 9.95. The van der Waals surface area contributed by atoms with Crippen LogP contribution in [0.1, 0.15) is 34.1 Å². The zero-order chi connectivity index (χ0) is 21.4. The molecule has 1 fully saturated rings. The van der Waals surface area contributed by atoms with Gasteiger partial charge in [-0.1, -0.05) is 6.07 Å². The monoisotopic (exact) mass is 403 g/mol. The smallest absolute Gasteiger partial charge is 0.295 e. The van der Waals surface area contributed by atoms with Crippen LogP contribution in [-0.2, 0) is 23.2 Å². The molecule has 1 N–H and O–H groups in total. The topological polar surface area (TPSA) is 101 Å². The van der Waals surface area contributed by atoms with Gasteiger partial charge < -0.3 is 10.0 Å². The maximum absolute atomic E-state index is 13.1. The van der Waals surface area contributed by atoms with Gasteiger partial charge in [-0.05, 0) is 43.2 Å². The van der Waals surface area contributed by atoms with Gasteiger partial charge >= 0.3 is 0 Å². The van der Waals surface area contributed by atoms with Gasteiger partial charge in [-0.3, -0.25) is 24.2 Å². The van der Waals surface area contributed by atoms with Gasteiger partial charge in [-0.2, -0.15) is 5.10 Å². The summed E-state index contributed by atoms with van der Waals surface area (Å²) in [7, 11) is 1.76. The third-order valence-corrected chi connectivity index (χ3v) is 5.38. The highest BCUT2D eigenvalue weighted by atomic mass is 16.3. The Bertz CT molecular complexity index is 1150. The first kappa shape index (κ1) is 19.5. The summed E-state index contributed by atoms with van der Waals surface area (Å²) in [5, 5.41) is 15.5. The second kappa shape index (κ2) is 7.55. The van der Waals surface area contributed by atoms with E-state index in [4.69, 9.17) is 0 Å². The summed E-state index contributed by atoms with van der Waals surface area (Å²) in [6.45, 7) is 3.75. The molecule has 152 valence electrons. The second-order valence-corrected chi connectivity index (χ2v) is 7.24. The van der Waals surface area contributed by atoms with Crippen molar-refractivity contribution >= 4 is 17.4 Å². The van der Waals surface area contributed by atoms with Crippen molar-refractivity contribution in [3.63, 3.8) is 0 Å². The normalized spacial score (nSPS) is 18.2. The number of rotatable bonds is 4. The van der Waals surface area contributed by atoms with Crippen LogP contribution in [0, 0.1) is 13.8 Å². The molecule has 8 nitrogen and oxygen atoms in total. The number of Topliss-reactive ketones (excluding diaryl/α,β-unsaturated/α-hetero) is 1.